The summed E-state index contributed by atoms with van der Waals surface area (Å²) in [5.41, 5.74) is 0. The van der Waals surface area contributed by atoms with Crippen molar-refractivity contribution in [1.29, 1.82) is 0 Å². The smallest absolute Gasteiger partial charge is 1.00 e. The fourth-order valence-electron chi connectivity index (χ4n) is 0. The Morgan fingerprint density at radius 1 is 1.00 bits per heavy atom. The molecule has 0 aliphatic heterocycles. The summed E-state index contributed by atoms with van der Waals surface area (Å²) in [6, 6.07) is 0. The Hall–Kier alpha value is 1.96. The van der Waals surface area contributed by atoms with Crippen molar-refractivity contribution in [3.8, 4) is 0 Å². The van der Waals surface area contributed by atoms with Crippen LogP contribution in [-0.2, 0) is 0 Å². The largest absolute Gasteiger partial charge is 2.00 e. The van der Waals surface area contributed by atoms with Gasteiger partial charge in [0.05, 0.1) is 0 Å². The van der Waals surface area contributed by atoms with Crippen LogP contribution >= 0.6 is 0 Å². The van der Waals surface area contributed by atoms with Gasteiger partial charge < -0.3 is 2.85 Å². The molecule has 0 rings (SSSR count). The summed E-state index contributed by atoms with van der Waals surface area (Å²) in [6.45, 7) is 0. The van der Waals surface area contributed by atoms with Crippen LogP contribution in [0.2, 0.25) is 0 Å². The van der Waals surface area contributed by atoms with Crippen molar-refractivity contribution >= 4 is 66.2 Å². The Labute approximate surface area is 77.2 Å². The van der Waals surface area contributed by atoms with Gasteiger partial charge in [0.1, 0.15) is 0 Å². The molecule has 4 heavy (non-hydrogen) atoms. The van der Waals surface area contributed by atoms with Crippen LogP contribution in [0.4, 0.5) is 9.41 Å². The minimum absolute atomic E-state index is 0. The van der Waals surface area contributed by atoms with Gasteiger partial charge in [-0.3, -0.25) is 9.41 Å². The Morgan fingerprint density at radius 3 is 1.00 bits per heavy atom. The van der Waals surface area contributed by atoms with Crippen molar-refractivity contribution in [3.05, 3.63) is 0 Å². The van der Waals surface area contributed by atoms with Crippen molar-refractivity contribution in [2.24, 2.45) is 0 Å². The summed E-state index contributed by atoms with van der Waals surface area (Å²) < 4.78 is 0. The summed E-state index contributed by atoms with van der Waals surface area (Å²) in [5.74, 6) is 0. The van der Waals surface area contributed by atoms with Crippen LogP contribution in [0.5, 0.6) is 0 Å². The van der Waals surface area contributed by atoms with E-state index in [9.17, 15) is 0 Å². The molecule has 4 heteroatoms. The van der Waals surface area contributed by atoms with Gasteiger partial charge >= 0.3 is 48.9 Å². The standard InChI is InChI=1S/Al.Ba.2FH.5H/h;;2*1H;;;;;/q;+2;;;;;;2*-1. The van der Waals surface area contributed by atoms with E-state index >= 15 is 0 Å². The molecule has 0 aromatic carbocycles. The molecular weight excluding hydrogens is 202 g/mol. The maximum atomic E-state index is 0. The molecular formula is H7AlBaF2. The molecule has 0 saturated carbocycles. The number of hydrogen-bond donors (Lipinski definition) is 0. The van der Waals surface area contributed by atoms with Crippen LogP contribution in [-0.4, -0.2) is 66.2 Å². The predicted molar refractivity (Wildman–Crippen MR) is 22.9 cm³/mol. The molecule has 0 aromatic rings. The molecule has 0 fully saturated rings. The van der Waals surface area contributed by atoms with Crippen molar-refractivity contribution in [3.63, 3.8) is 0 Å². The van der Waals surface area contributed by atoms with Crippen molar-refractivity contribution < 1.29 is 12.3 Å². The topological polar surface area (TPSA) is 0 Å². The fourth-order valence-corrected chi connectivity index (χ4v) is 0. The van der Waals surface area contributed by atoms with Gasteiger partial charge in [0, 0.05) is 0 Å². The maximum Gasteiger partial charge on any atom is 2.00 e. The van der Waals surface area contributed by atoms with Crippen molar-refractivity contribution in [2.75, 3.05) is 0 Å². The van der Waals surface area contributed by atoms with Gasteiger partial charge in [0.25, 0.3) is 0 Å². The van der Waals surface area contributed by atoms with Gasteiger partial charge in [-0.25, -0.2) is 0 Å². The van der Waals surface area contributed by atoms with E-state index in [1.54, 1.807) is 0 Å². The average Bonchev–Trinajstić information content (AvgIpc) is 0. The van der Waals surface area contributed by atoms with Gasteiger partial charge in [-0.2, -0.15) is 0 Å². The number of rotatable bonds is 0. The molecule has 0 heterocycles. The van der Waals surface area contributed by atoms with E-state index in [-0.39, 0.29) is 78.5 Å². The van der Waals surface area contributed by atoms with E-state index in [1.165, 1.54) is 0 Å². The Morgan fingerprint density at radius 2 is 1.00 bits per heavy atom. The zero-order valence-corrected chi connectivity index (χ0v) is 5.96. The molecule has 0 spiro atoms. The number of hydrogen-bond acceptors (Lipinski definition) is 0. The van der Waals surface area contributed by atoms with Crippen LogP contribution in [0.15, 0.2) is 0 Å². The molecule has 0 aliphatic carbocycles. The van der Waals surface area contributed by atoms with Gasteiger partial charge in [0.15, 0.2) is 17.4 Å². The SMILES string of the molecule is F.F.[AlH3].[Ba+2].[H-].[H-]. The third-order valence-corrected chi connectivity index (χ3v) is 0. The molecule has 0 aromatic heterocycles. The zero-order valence-electron chi connectivity index (χ0n) is 3.52. The van der Waals surface area contributed by atoms with E-state index in [0.29, 0.717) is 0 Å². The third kappa shape index (κ3) is 9.03. The van der Waals surface area contributed by atoms with Crippen LogP contribution < -0.4 is 0 Å². The summed E-state index contributed by atoms with van der Waals surface area (Å²) in [7, 11) is 0. The normalized spacial score (nSPS) is 0. The summed E-state index contributed by atoms with van der Waals surface area (Å²) in [6.07, 6.45) is 0. The molecule has 0 amide bonds. The molecule has 0 aliphatic rings. The van der Waals surface area contributed by atoms with E-state index in [2.05, 4.69) is 0 Å². The molecule has 0 N–H and O–H groups in total. The first-order valence-corrected chi connectivity index (χ1v) is 0. The van der Waals surface area contributed by atoms with Crippen LogP contribution in [0.25, 0.3) is 0 Å². The van der Waals surface area contributed by atoms with Gasteiger partial charge in [-0.05, 0) is 0 Å². The first-order valence-electron chi connectivity index (χ1n) is 0. The van der Waals surface area contributed by atoms with Crippen LogP contribution in [0.3, 0.4) is 0 Å². The van der Waals surface area contributed by atoms with Gasteiger partial charge in [-0.15, -0.1) is 0 Å². The van der Waals surface area contributed by atoms with E-state index in [1.807, 2.05) is 0 Å². The molecule has 0 bridgehead atoms. The van der Waals surface area contributed by atoms with Crippen LogP contribution in [0, 0.1) is 0 Å². The summed E-state index contributed by atoms with van der Waals surface area (Å²) in [4.78, 5) is 0. The second-order valence-corrected chi connectivity index (χ2v) is 0. The van der Waals surface area contributed by atoms with E-state index in [4.69, 9.17) is 0 Å². The van der Waals surface area contributed by atoms with Gasteiger partial charge in [0.2, 0.25) is 0 Å². The first kappa shape index (κ1) is 38.1. The van der Waals surface area contributed by atoms with Crippen molar-refractivity contribution in [2.45, 2.75) is 0 Å². The monoisotopic (exact) mass is 210 g/mol. The van der Waals surface area contributed by atoms with E-state index in [0.717, 1.165) is 0 Å². The van der Waals surface area contributed by atoms with Crippen LogP contribution in [0.1, 0.15) is 2.85 Å². The second kappa shape index (κ2) is 20.2. The molecule has 0 saturated heterocycles. The first-order chi connectivity index (χ1) is 0. The molecule has 0 nitrogen and oxygen atoms in total. The quantitative estimate of drug-likeness (QED) is 0.447. The third-order valence-electron chi connectivity index (χ3n) is 0. The molecule has 0 radical (unpaired) electrons. The van der Waals surface area contributed by atoms with E-state index < -0.39 is 0 Å². The average molecular weight is 209 g/mol. The van der Waals surface area contributed by atoms with Crippen molar-refractivity contribution in [1.82, 2.24) is 0 Å². The number of halogens is 2. The minimum Gasteiger partial charge on any atom is -1.00 e. The fraction of sp³-hybridized carbons (Fsp3) is 0. The zero-order chi connectivity index (χ0) is 0. The molecule has 0 atom stereocenters. The Kier molecular flexibility index (Phi) is 193. The maximum absolute atomic E-state index is 0. The Bertz CT molecular complexity index is 11.5. The second-order valence-electron chi connectivity index (χ2n) is 0. The van der Waals surface area contributed by atoms with Gasteiger partial charge in [-0.1, -0.05) is 0 Å². The Balaban J connectivity index is 0. The summed E-state index contributed by atoms with van der Waals surface area (Å²) in [5, 5.41) is 0. The summed E-state index contributed by atoms with van der Waals surface area (Å²) >= 11 is 0. The predicted octanol–water partition coefficient (Wildman–Crippen LogP) is -1.03. The molecule has 0 unspecified atom stereocenters. The minimum atomic E-state index is 0. The molecule has 26 valence electrons.